The molecule has 0 aliphatic rings. The van der Waals surface area contributed by atoms with Crippen LogP contribution < -0.4 is 0 Å². The van der Waals surface area contributed by atoms with Crippen LogP contribution in [0.25, 0.3) is 22.0 Å². The fraction of sp³-hybridized carbons (Fsp3) is 0.0455. The first-order valence-corrected chi connectivity index (χ1v) is 10.5. The highest BCUT2D eigenvalue weighted by atomic mass is 35.5. The van der Waals surface area contributed by atoms with E-state index in [4.69, 9.17) is 11.6 Å². The average Bonchev–Trinajstić information content (AvgIpc) is 2.69. The van der Waals surface area contributed by atoms with Gasteiger partial charge in [-0.3, -0.25) is 4.98 Å². The Hall–Kier alpha value is -2.83. The van der Waals surface area contributed by atoms with Gasteiger partial charge in [0.25, 0.3) is 0 Å². The van der Waals surface area contributed by atoms with Crippen LogP contribution in [0.1, 0.15) is 5.56 Å². The van der Waals surface area contributed by atoms with E-state index in [-0.39, 0.29) is 20.7 Å². The predicted molar refractivity (Wildman–Crippen MR) is 109 cm³/mol. The molecule has 0 fully saturated rings. The van der Waals surface area contributed by atoms with Gasteiger partial charge < -0.3 is 0 Å². The van der Waals surface area contributed by atoms with Crippen LogP contribution >= 0.6 is 11.6 Å². The van der Waals surface area contributed by atoms with Gasteiger partial charge in [-0.25, -0.2) is 17.2 Å². The molecule has 0 spiro atoms. The Morgan fingerprint density at radius 2 is 1.69 bits per heavy atom. The Bertz CT molecular complexity index is 1370. The Morgan fingerprint density at radius 3 is 2.41 bits per heavy atom. The smallest absolute Gasteiger partial charge is 0.208 e. The first-order chi connectivity index (χ1) is 13.8. The summed E-state index contributed by atoms with van der Waals surface area (Å²) in [5.41, 5.74) is 1.62. The zero-order chi connectivity index (χ0) is 20.8. The van der Waals surface area contributed by atoms with E-state index in [1.54, 1.807) is 19.1 Å². The minimum absolute atomic E-state index is 0.0247. The number of fused-ring (bicyclic) bond motifs is 1. The summed E-state index contributed by atoms with van der Waals surface area (Å²) in [5.74, 6) is -1.09. The van der Waals surface area contributed by atoms with E-state index in [0.717, 1.165) is 5.56 Å². The number of nitrogens with zero attached hydrogens (tertiary/aromatic N) is 1. The van der Waals surface area contributed by atoms with Crippen LogP contribution in [0.5, 0.6) is 0 Å². The number of hydrogen-bond donors (Lipinski definition) is 0. The third-order valence-electron chi connectivity index (χ3n) is 4.65. The summed E-state index contributed by atoms with van der Waals surface area (Å²) in [7, 11) is -4.07. The molecule has 0 aliphatic heterocycles. The lowest BCUT2D eigenvalue weighted by atomic mass is 10.0. The fourth-order valence-electron chi connectivity index (χ4n) is 3.16. The van der Waals surface area contributed by atoms with Crippen molar-refractivity contribution in [1.82, 2.24) is 4.98 Å². The van der Waals surface area contributed by atoms with Crippen molar-refractivity contribution in [3.05, 3.63) is 89.1 Å². The Balaban J connectivity index is 2.09. The van der Waals surface area contributed by atoms with Crippen molar-refractivity contribution in [2.24, 2.45) is 0 Å². The Kier molecular flexibility index (Phi) is 4.84. The SMILES string of the molecule is Cc1ccc(S(=O)(=O)c2cnc3ccc(F)cc3c2-c2cccc(F)c2)cc1Cl. The number of rotatable bonds is 3. The van der Waals surface area contributed by atoms with Crippen molar-refractivity contribution in [3.8, 4) is 11.1 Å². The number of halogens is 3. The fourth-order valence-corrected chi connectivity index (χ4v) is 4.87. The van der Waals surface area contributed by atoms with Crippen LogP contribution in [-0.4, -0.2) is 13.4 Å². The predicted octanol–water partition coefficient (Wildman–Crippen LogP) is 5.97. The Morgan fingerprint density at radius 1 is 0.931 bits per heavy atom. The zero-order valence-electron chi connectivity index (χ0n) is 15.2. The van der Waals surface area contributed by atoms with Gasteiger partial charge in [-0.05, 0) is 60.5 Å². The van der Waals surface area contributed by atoms with Gasteiger partial charge in [0.15, 0.2) is 0 Å². The lowest BCUT2D eigenvalue weighted by molar-refractivity contribution is 0.596. The molecule has 0 unspecified atom stereocenters. The molecule has 0 bridgehead atoms. The van der Waals surface area contributed by atoms with Gasteiger partial charge in [0.05, 0.1) is 15.3 Å². The van der Waals surface area contributed by atoms with E-state index in [2.05, 4.69) is 4.98 Å². The highest BCUT2D eigenvalue weighted by Crippen LogP contribution is 2.37. The van der Waals surface area contributed by atoms with Crippen molar-refractivity contribution in [1.29, 1.82) is 0 Å². The summed E-state index contributed by atoms with van der Waals surface area (Å²) < 4.78 is 54.8. The lowest BCUT2D eigenvalue weighted by Crippen LogP contribution is -2.06. The number of pyridine rings is 1. The molecule has 1 heterocycles. The van der Waals surface area contributed by atoms with Crippen LogP contribution in [-0.2, 0) is 9.84 Å². The van der Waals surface area contributed by atoms with E-state index in [9.17, 15) is 17.2 Å². The molecule has 3 aromatic carbocycles. The van der Waals surface area contributed by atoms with Crippen LogP contribution in [0.4, 0.5) is 8.78 Å². The number of sulfone groups is 1. The number of hydrogen-bond acceptors (Lipinski definition) is 3. The summed E-state index contributed by atoms with van der Waals surface area (Å²) in [6, 6.07) is 13.8. The maximum Gasteiger partial charge on any atom is 0.208 e. The number of aryl methyl sites for hydroxylation is 1. The maximum absolute atomic E-state index is 14.0. The highest BCUT2D eigenvalue weighted by Gasteiger charge is 2.25. The van der Waals surface area contributed by atoms with Crippen molar-refractivity contribution in [2.45, 2.75) is 16.7 Å². The number of aromatic nitrogens is 1. The molecule has 0 amide bonds. The van der Waals surface area contributed by atoms with E-state index in [1.165, 1.54) is 54.7 Å². The van der Waals surface area contributed by atoms with Crippen molar-refractivity contribution in [2.75, 3.05) is 0 Å². The average molecular weight is 430 g/mol. The molecule has 4 rings (SSSR count). The van der Waals surface area contributed by atoms with Gasteiger partial charge in [0.1, 0.15) is 11.6 Å². The molecule has 0 radical (unpaired) electrons. The van der Waals surface area contributed by atoms with Gasteiger partial charge >= 0.3 is 0 Å². The molecular weight excluding hydrogens is 416 g/mol. The molecule has 0 N–H and O–H groups in total. The second-order valence-electron chi connectivity index (χ2n) is 6.58. The summed E-state index contributed by atoms with van der Waals surface area (Å²) in [5, 5.41) is 0.577. The third kappa shape index (κ3) is 3.50. The first-order valence-electron chi connectivity index (χ1n) is 8.63. The van der Waals surface area contributed by atoms with Crippen LogP contribution in [0, 0.1) is 18.6 Å². The Labute approximate surface area is 171 Å². The standard InChI is InChI=1S/C22H14ClF2NO2S/c1-13-5-7-17(11-19(13)23)29(27,28)21-12-26-20-8-6-16(25)10-18(20)22(21)14-3-2-4-15(24)9-14/h2-12H,1H3. The van der Waals surface area contributed by atoms with Gasteiger partial charge in [-0.15, -0.1) is 0 Å². The van der Waals surface area contributed by atoms with Crippen LogP contribution in [0.2, 0.25) is 5.02 Å². The summed E-state index contributed by atoms with van der Waals surface area (Å²) in [6.45, 7) is 1.76. The molecule has 0 aliphatic carbocycles. The quantitative estimate of drug-likeness (QED) is 0.402. The molecule has 7 heteroatoms. The molecule has 4 aromatic rings. The van der Waals surface area contributed by atoms with Gasteiger partial charge in [0, 0.05) is 22.2 Å². The van der Waals surface area contributed by atoms with E-state index < -0.39 is 21.5 Å². The molecular formula is C22H14ClF2NO2S. The van der Waals surface area contributed by atoms with Gasteiger partial charge in [0.2, 0.25) is 9.84 Å². The molecule has 0 saturated carbocycles. The van der Waals surface area contributed by atoms with E-state index in [0.29, 0.717) is 16.1 Å². The lowest BCUT2D eigenvalue weighted by Gasteiger charge is -2.14. The largest absolute Gasteiger partial charge is 0.255 e. The topological polar surface area (TPSA) is 47.0 Å². The number of benzene rings is 3. The molecule has 0 saturated heterocycles. The summed E-state index contributed by atoms with van der Waals surface area (Å²) >= 11 is 6.12. The highest BCUT2D eigenvalue weighted by molar-refractivity contribution is 7.91. The van der Waals surface area contributed by atoms with Crippen molar-refractivity contribution in [3.63, 3.8) is 0 Å². The normalized spacial score (nSPS) is 11.7. The molecule has 146 valence electrons. The minimum atomic E-state index is -4.07. The van der Waals surface area contributed by atoms with Crippen LogP contribution in [0.3, 0.4) is 0 Å². The monoisotopic (exact) mass is 429 g/mol. The van der Waals surface area contributed by atoms with Gasteiger partial charge in [-0.2, -0.15) is 0 Å². The third-order valence-corrected chi connectivity index (χ3v) is 6.82. The summed E-state index contributed by atoms with van der Waals surface area (Å²) in [6.07, 6.45) is 1.21. The molecule has 1 aromatic heterocycles. The second kappa shape index (κ2) is 7.21. The van der Waals surface area contributed by atoms with Gasteiger partial charge in [-0.1, -0.05) is 29.8 Å². The van der Waals surface area contributed by atoms with E-state index >= 15 is 0 Å². The second-order valence-corrected chi connectivity index (χ2v) is 8.91. The first kappa shape index (κ1) is 19.5. The molecule has 3 nitrogen and oxygen atoms in total. The summed E-state index contributed by atoms with van der Waals surface area (Å²) in [4.78, 5) is 4.01. The minimum Gasteiger partial charge on any atom is -0.255 e. The van der Waals surface area contributed by atoms with Crippen LogP contribution in [0.15, 0.2) is 76.7 Å². The molecule has 29 heavy (non-hydrogen) atoms. The maximum atomic E-state index is 14.0. The zero-order valence-corrected chi connectivity index (χ0v) is 16.7. The molecule has 0 atom stereocenters. The van der Waals surface area contributed by atoms with Crippen molar-refractivity contribution < 1.29 is 17.2 Å². The van der Waals surface area contributed by atoms with E-state index in [1.807, 2.05) is 0 Å². The van der Waals surface area contributed by atoms with Crippen molar-refractivity contribution >= 4 is 32.3 Å².